The monoisotopic (exact) mass is 268 g/mol. The van der Waals surface area contributed by atoms with E-state index in [0.717, 1.165) is 38.2 Å². The third-order valence-electron chi connectivity index (χ3n) is 3.49. The first-order valence-corrected chi connectivity index (χ1v) is 6.42. The van der Waals surface area contributed by atoms with Gasteiger partial charge in [0.1, 0.15) is 11.9 Å². The SMILES string of the molecule is N#CC(NC1CCCCC1)c1cc(F)c(F)cc1F. The quantitative estimate of drug-likeness (QED) is 0.850. The highest BCUT2D eigenvalue weighted by Crippen LogP contribution is 2.24. The van der Waals surface area contributed by atoms with Gasteiger partial charge in [-0.15, -0.1) is 0 Å². The zero-order chi connectivity index (χ0) is 13.8. The third-order valence-corrected chi connectivity index (χ3v) is 3.49. The van der Waals surface area contributed by atoms with Crippen molar-refractivity contribution >= 4 is 0 Å². The van der Waals surface area contributed by atoms with Crippen LogP contribution in [0.25, 0.3) is 0 Å². The highest BCUT2D eigenvalue weighted by Gasteiger charge is 2.22. The lowest BCUT2D eigenvalue weighted by Gasteiger charge is -2.25. The molecule has 1 aromatic rings. The van der Waals surface area contributed by atoms with Crippen LogP contribution < -0.4 is 5.32 Å². The Bertz CT molecular complexity index is 490. The van der Waals surface area contributed by atoms with Gasteiger partial charge in [0.2, 0.25) is 0 Å². The number of halogens is 3. The van der Waals surface area contributed by atoms with Crippen molar-refractivity contribution in [3.8, 4) is 6.07 Å². The van der Waals surface area contributed by atoms with Crippen LogP contribution in [0.4, 0.5) is 13.2 Å². The topological polar surface area (TPSA) is 35.8 Å². The number of hydrogen-bond acceptors (Lipinski definition) is 2. The molecule has 19 heavy (non-hydrogen) atoms. The molecule has 1 aromatic carbocycles. The van der Waals surface area contributed by atoms with Crippen molar-refractivity contribution in [2.24, 2.45) is 0 Å². The molecule has 5 heteroatoms. The third kappa shape index (κ3) is 3.27. The Kier molecular flexibility index (Phi) is 4.43. The van der Waals surface area contributed by atoms with Crippen molar-refractivity contribution in [2.75, 3.05) is 0 Å². The summed E-state index contributed by atoms with van der Waals surface area (Å²) in [7, 11) is 0. The Labute approximate surface area is 110 Å². The van der Waals surface area contributed by atoms with E-state index in [9.17, 15) is 13.2 Å². The summed E-state index contributed by atoms with van der Waals surface area (Å²) in [6.45, 7) is 0. The highest BCUT2D eigenvalue weighted by atomic mass is 19.2. The fourth-order valence-electron chi connectivity index (χ4n) is 2.46. The predicted octanol–water partition coefficient (Wildman–Crippen LogP) is 3.59. The molecule has 2 nitrogen and oxygen atoms in total. The standard InChI is InChI=1S/C14H15F3N2/c15-11-7-13(17)12(16)6-10(11)14(8-18)19-9-4-2-1-3-5-9/h6-7,9,14,19H,1-5H2. The second-order valence-electron chi connectivity index (χ2n) is 4.85. The zero-order valence-electron chi connectivity index (χ0n) is 10.4. The molecule has 1 unspecified atom stereocenters. The van der Waals surface area contributed by atoms with Gasteiger partial charge in [-0.3, -0.25) is 5.32 Å². The molecule has 1 atom stereocenters. The molecule has 0 spiro atoms. The van der Waals surface area contributed by atoms with E-state index in [0.29, 0.717) is 6.07 Å². The molecule has 1 saturated carbocycles. The molecule has 0 radical (unpaired) electrons. The summed E-state index contributed by atoms with van der Waals surface area (Å²) < 4.78 is 39.6. The Morgan fingerprint density at radius 2 is 1.68 bits per heavy atom. The largest absolute Gasteiger partial charge is 0.295 e. The number of nitrogens with zero attached hydrogens (tertiary/aromatic N) is 1. The van der Waals surface area contributed by atoms with E-state index in [2.05, 4.69) is 5.32 Å². The molecule has 1 aliphatic carbocycles. The van der Waals surface area contributed by atoms with Crippen LogP contribution in [0.5, 0.6) is 0 Å². The molecule has 0 heterocycles. The molecule has 102 valence electrons. The zero-order valence-corrected chi connectivity index (χ0v) is 10.4. The van der Waals surface area contributed by atoms with Crippen molar-refractivity contribution in [1.82, 2.24) is 5.32 Å². The fraction of sp³-hybridized carbons (Fsp3) is 0.500. The predicted molar refractivity (Wildman–Crippen MR) is 64.7 cm³/mol. The maximum atomic E-state index is 13.6. The summed E-state index contributed by atoms with van der Waals surface area (Å²) in [6.07, 6.45) is 5.13. The lowest BCUT2D eigenvalue weighted by molar-refractivity contribution is 0.355. The van der Waals surface area contributed by atoms with Crippen molar-refractivity contribution in [3.05, 3.63) is 35.1 Å². The smallest absolute Gasteiger partial charge is 0.161 e. The van der Waals surface area contributed by atoms with Gasteiger partial charge >= 0.3 is 0 Å². The van der Waals surface area contributed by atoms with Crippen molar-refractivity contribution in [3.63, 3.8) is 0 Å². The Morgan fingerprint density at radius 3 is 2.32 bits per heavy atom. The number of nitrogens with one attached hydrogen (secondary N) is 1. The first-order chi connectivity index (χ1) is 9.11. The molecule has 0 aliphatic heterocycles. The van der Waals surface area contributed by atoms with Gasteiger partial charge in [0.25, 0.3) is 0 Å². The van der Waals surface area contributed by atoms with Gasteiger partial charge in [0, 0.05) is 17.7 Å². The van der Waals surface area contributed by atoms with Crippen molar-refractivity contribution < 1.29 is 13.2 Å². The lowest BCUT2D eigenvalue weighted by atomic mass is 9.94. The minimum atomic E-state index is -1.24. The molecule has 0 saturated heterocycles. The fourth-order valence-corrected chi connectivity index (χ4v) is 2.46. The molecular formula is C14H15F3N2. The van der Waals surface area contributed by atoms with Crippen LogP contribution in [0.1, 0.15) is 43.7 Å². The number of rotatable bonds is 3. The molecule has 1 N–H and O–H groups in total. The maximum Gasteiger partial charge on any atom is 0.161 e. The van der Waals surface area contributed by atoms with Crippen LogP contribution in [0.2, 0.25) is 0 Å². The average Bonchev–Trinajstić information content (AvgIpc) is 2.42. The van der Waals surface area contributed by atoms with Gasteiger partial charge in [0.15, 0.2) is 11.6 Å². The summed E-state index contributed by atoms with van der Waals surface area (Å²) in [5, 5.41) is 12.1. The highest BCUT2D eigenvalue weighted by molar-refractivity contribution is 5.27. The van der Waals surface area contributed by atoms with Crippen LogP contribution in [0, 0.1) is 28.8 Å². The van der Waals surface area contributed by atoms with Gasteiger partial charge < -0.3 is 0 Å². The molecule has 0 aromatic heterocycles. The first-order valence-electron chi connectivity index (χ1n) is 6.42. The van der Waals surface area contributed by atoms with Gasteiger partial charge in [-0.25, -0.2) is 13.2 Å². The summed E-state index contributed by atoms with van der Waals surface area (Å²) in [5.41, 5.74) is -0.132. The summed E-state index contributed by atoms with van der Waals surface area (Å²) in [4.78, 5) is 0. The summed E-state index contributed by atoms with van der Waals surface area (Å²) in [5.74, 6) is -3.27. The van der Waals surface area contributed by atoms with E-state index in [1.807, 2.05) is 6.07 Å². The second-order valence-corrected chi connectivity index (χ2v) is 4.85. The van der Waals surface area contributed by atoms with E-state index in [-0.39, 0.29) is 11.6 Å². The van der Waals surface area contributed by atoms with E-state index in [1.54, 1.807) is 0 Å². The average molecular weight is 268 g/mol. The van der Waals surface area contributed by atoms with E-state index in [1.165, 1.54) is 0 Å². The van der Waals surface area contributed by atoms with E-state index < -0.39 is 23.5 Å². The van der Waals surface area contributed by atoms with Crippen LogP contribution in [0.3, 0.4) is 0 Å². The van der Waals surface area contributed by atoms with E-state index in [4.69, 9.17) is 5.26 Å². The van der Waals surface area contributed by atoms with Crippen molar-refractivity contribution in [2.45, 2.75) is 44.2 Å². The van der Waals surface area contributed by atoms with Gasteiger partial charge in [0.05, 0.1) is 6.07 Å². The van der Waals surface area contributed by atoms with Crippen LogP contribution in [0.15, 0.2) is 12.1 Å². The lowest BCUT2D eigenvalue weighted by Crippen LogP contribution is -2.34. The van der Waals surface area contributed by atoms with Crippen LogP contribution in [-0.2, 0) is 0 Å². The molecule has 0 amide bonds. The minimum Gasteiger partial charge on any atom is -0.295 e. The van der Waals surface area contributed by atoms with Crippen LogP contribution in [-0.4, -0.2) is 6.04 Å². The van der Waals surface area contributed by atoms with E-state index >= 15 is 0 Å². The second kappa shape index (κ2) is 6.07. The molecule has 2 rings (SSSR count). The van der Waals surface area contributed by atoms with Gasteiger partial charge in [-0.1, -0.05) is 19.3 Å². The van der Waals surface area contributed by atoms with Gasteiger partial charge in [-0.2, -0.15) is 5.26 Å². The minimum absolute atomic E-state index is 0.130. The van der Waals surface area contributed by atoms with Crippen molar-refractivity contribution in [1.29, 1.82) is 5.26 Å². The molecular weight excluding hydrogens is 253 g/mol. The normalized spacial score (nSPS) is 18.0. The molecule has 1 fully saturated rings. The number of hydrogen-bond donors (Lipinski definition) is 1. The molecule has 0 bridgehead atoms. The number of benzene rings is 1. The summed E-state index contributed by atoms with van der Waals surface area (Å²) >= 11 is 0. The molecule has 1 aliphatic rings. The summed E-state index contributed by atoms with van der Waals surface area (Å²) in [6, 6.07) is 2.34. The Hall–Kier alpha value is -1.54. The Morgan fingerprint density at radius 1 is 1.05 bits per heavy atom. The first kappa shape index (κ1) is 13.9. The maximum absolute atomic E-state index is 13.6. The van der Waals surface area contributed by atoms with Gasteiger partial charge in [-0.05, 0) is 18.9 Å². The Balaban J connectivity index is 2.17. The van der Waals surface area contributed by atoms with Crippen LogP contribution >= 0.6 is 0 Å². The number of nitriles is 1.